The van der Waals surface area contributed by atoms with Crippen LogP contribution in [0.5, 0.6) is 5.75 Å². The maximum Gasteiger partial charge on any atom is 0.573 e. The first kappa shape index (κ1) is 17.8. The van der Waals surface area contributed by atoms with Gasteiger partial charge in [0.25, 0.3) is 0 Å². The highest BCUT2D eigenvalue weighted by atomic mass is 35.5. The highest BCUT2D eigenvalue weighted by Crippen LogP contribution is 2.28. The summed E-state index contributed by atoms with van der Waals surface area (Å²) in [6.45, 7) is 0. The molecule has 1 atom stereocenters. The molecule has 19 heavy (non-hydrogen) atoms. The molecule has 1 aromatic rings. The van der Waals surface area contributed by atoms with Gasteiger partial charge in [0.1, 0.15) is 0 Å². The quantitative estimate of drug-likeness (QED) is 0.859. The fourth-order valence-corrected chi connectivity index (χ4v) is 1.28. The summed E-state index contributed by atoms with van der Waals surface area (Å²) >= 11 is 0. The molecule has 1 aromatic carbocycles. The summed E-state index contributed by atoms with van der Waals surface area (Å²) in [5, 5.41) is 0. The van der Waals surface area contributed by atoms with Crippen molar-refractivity contribution in [3.63, 3.8) is 0 Å². The molecule has 0 radical (unpaired) electrons. The highest BCUT2D eigenvalue weighted by molar-refractivity contribution is 5.85. The van der Waals surface area contributed by atoms with Gasteiger partial charge < -0.3 is 10.5 Å². The summed E-state index contributed by atoms with van der Waals surface area (Å²) in [4.78, 5) is 0. The van der Waals surface area contributed by atoms with Gasteiger partial charge in [-0.2, -0.15) is 0 Å². The Labute approximate surface area is 110 Å². The SMILES string of the molecule is Cl.N[C@@H](CC(F)F)c1ccc(OC(F)(F)F)c(F)c1. The van der Waals surface area contributed by atoms with Crippen molar-refractivity contribution < 1.29 is 31.1 Å². The zero-order chi connectivity index (χ0) is 13.9. The van der Waals surface area contributed by atoms with Crippen LogP contribution >= 0.6 is 12.4 Å². The highest BCUT2D eigenvalue weighted by Gasteiger charge is 2.32. The van der Waals surface area contributed by atoms with Crippen LogP contribution in [0.3, 0.4) is 0 Å². The van der Waals surface area contributed by atoms with Gasteiger partial charge in [0, 0.05) is 12.5 Å². The minimum Gasteiger partial charge on any atom is -0.403 e. The van der Waals surface area contributed by atoms with E-state index in [2.05, 4.69) is 4.74 Å². The van der Waals surface area contributed by atoms with E-state index >= 15 is 0 Å². The first-order chi connectivity index (χ1) is 8.19. The molecular formula is C10H10ClF6NO. The van der Waals surface area contributed by atoms with Crippen LogP contribution in [0.1, 0.15) is 18.0 Å². The molecule has 0 unspecified atom stereocenters. The van der Waals surface area contributed by atoms with Crippen LogP contribution in [0.15, 0.2) is 18.2 Å². The van der Waals surface area contributed by atoms with Crippen molar-refractivity contribution in [2.24, 2.45) is 5.73 Å². The van der Waals surface area contributed by atoms with E-state index in [9.17, 15) is 26.3 Å². The van der Waals surface area contributed by atoms with Crippen LogP contribution in [0, 0.1) is 5.82 Å². The Hall–Kier alpha value is -1.15. The van der Waals surface area contributed by atoms with Gasteiger partial charge in [0.15, 0.2) is 11.6 Å². The van der Waals surface area contributed by atoms with Crippen LogP contribution in [-0.4, -0.2) is 12.8 Å². The lowest BCUT2D eigenvalue weighted by molar-refractivity contribution is -0.275. The Morgan fingerprint density at radius 3 is 2.21 bits per heavy atom. The first-order valence-corrected chi connectivity index (χ1v) is 4.78. The zero-order valence-corrected chi connectivity index (χ0v) is 10.1. The Bertz CT molecular complexity index is 411. The second kappa shape index (κ2) is 6.85. The molecule has 0 spiro atoms. The number of alkyl halides is 5. The van der Waals surface area contributed by atoms with Crippen molar-refractivity contribution in [3.05, 3.63) is 29.6 Å². The van der Waals surface area contributed by atoms with E-state index in [1.165, 1.54) is 0 Å². The lowest BCUT2D eigenvalue weighted by Crippen LogP contribution is -2.18. The number of nitrogens with two attached hydrogens (primary N) is 1. The van der Waals surface area contributed by atoms with Crippen LogP contribution in [-0.2, 0) is 0 Å². The molecule has 0 saturated carbocycles. The Morgan fingerprint density at radius 2 is 1.79 bits per heavy atom. The molecule has 2 nitrogen and oxygen atoms in total. The van der Waals surface area contributed by atoms with Crippen molar-refractivity contribution in [2.75, 3.05) is 0 Å². The van der Waals surface area contributed by atoms with Gasteiger partial charge in [-0.3, -0.25) is 0 Å². The molecule has 9 heteroatoms. The van der Waals surface area contributed by atoms with E-state index in [1.54, 1.807) is 0 Å². The van der Waals surface area contributed by atoms with Crippen molar-refractivity contribution in [3.8, 4) is 5.75 Å². The van der Waals surface area contributed by atoms with Crippen LogP contribution in [0.2, 0.25) is 0 Å². The van der Waals surface area contributed by atoms with Gasteiger partial charge in [-0.15, -0.1) is 25.6 Å². The summed E-state index contributed by atoms with van der Waals surface area (Å²) in [5.41, 5.74) is 5.31. The number of benzene rings is 1. The topological polar surface area (TPSA) is 35.2 Å². The monoisotopic (exact) mass is 309 g/mol. The molecule has 2 N–H and O–H groups in total. The van der Waals surface area contributed by atoms with E-state index < -0.39 is 36.8 Å². The Balaban J connectivity index is 0.00000324. The molecule has 0 fully saturated rings. The summed E-state index contributed by atoms with van der Waals surface area (Å²) < 4.78 is 76.2. The predicted molar refractivity (Wildman–Crippen MR) is 57.9 cm³/mol. The van der Waals surface area contributed by atoms with Gasteiger partial charge in [-0.05, 0) is 17.7 Å². The molecule has 0 bridgehead atoms. The third-order valence-corrected chi connectivity index (χ3v) is 2.04. The van der Waals surface area contributed by atoms with Crippen molar-refractivity contribution >= 4 is 12.4 Å². The van der Waals surface area contributed by atoms with Gasteiger partial charge in [-0.1, -0.05) is 6.07 Å². The van der Waals surface area contributed by atoms with E-state index in [0.29, 0.717) is 12.1 Å². The lowest BCUT2D eigenvalue weighted by Gasteiger charge is -2.14. The van der Waals surface area contributed by atoms with E-state index in [4.69, 9.17) is 5.73 Å². The standard InChI is InChI=1S/C10H9F6NO.ClH/c11-6-3-5(7(17)4-9(12)13)1-2-8(6)18-10(14,15)16;/h1-3,7,9H,4,17H2;1H/t7-;/m0./s1. The zero-order valence-electron chi connectivity index (χ0n) is 9.26. The molecule has 0 heterocycles. The Kier molecular flexibility index (Phi) is 6.44. The molecule has 110 valence electrons. The molecular weight excluding hydrogens is 300 g/mol. The van der Waals surface area contributed by atoms with E-state index in [1.807, 2.05) is 0 Å². The van der Waals surface area contributed by atoms with Crippen molar-refractivity contribution in [2.45, 2.75) is 25.3 Å². The van der Waals surface area contributed by atoms with Gasteiger partial charge in [0.2, 0.25) is 6.43 Å². The summed E-state index contributed by atoms with van der Waals surface area (Å²) in [6, 6.07) is 1.20. The molecule has 0 aliphatic rings. The van der Waals surface area contributed by atoms with Crippen molar-refractivity contribution in [1.29, 1.82) is 0 Å². The second-order valence-corrected chi connectivity index (χ2v) is 3.47. The smallest absolute Gasteiger partial charge is 0.403 e. The normalized spacial score (nSPS) is 13.1. The second-order valence-electron chi connectivity index (χ2n) is 3.47. The number of ether oxygens (including phenoxy) is 1. The minimum absolute atomic E-state index is 0. The number of hydrogen-bond acceptors (Lipinski definition) is 2. The van der Waals surface area contributed by atoms with Crippen LogP contribution < -0.4 is 10.5 Å². The third kappa shape index (κ3) is 6.02. The van der Waals surface area contributed by atoms with Gasteiger partial charge >= 0.3 is 6.36 Å². The predicted octanol–water partition coefficient (Wildman–Crippen LogP) is 3.80. The molecule has 0 saturated heterocycles. The maximum atomic E-state index is 13.2. The molecule has 0 amide bonds. The fourth-order valence-electron chi connectivity index (χ4n) is 1.28. The lowest BCUT2D eigenvalue weighted by atomic mass is 10.0. The molecule has 1 rings (SSSR count). The van der Waals surface area contributed by atoms with E-state index in [0.717, 1.165) is 6.07 Å². The fraction of sp³-hybridized carbons (Fsp3) is 0.400. The molecule has 0 aromatic heterocycles. The number of hydrogen-bond donors (Lipinski definition) is 1. The minimum atomic E-state index is -5.02. The van der Waals surface area contributed by atoms with E-state index in [-0.39, 0.29) is 18.0 Å². The van der Waals surface area contributed by atoms with Gasteiger partial charge in [-0.25, -0.2) is 13.2 Å². The average molecular weight is 310 g/mol. The van der Waals surface area contributed by atoms with Gasteiger partial charge in [0.05, 0.1) is 0 Å². The van der Waals surface area contributed by atoms with Crippen LogP contribution in [0.25, 0.3) is 0 Å². The maximum absolute atomic E-state index is 13.2. The number of halogens is 7. The third-order valence-electron chi connectivity index (χ3n) is 2.04. The largest absolute Gasteiger partial charge is 0.573 e. The summed E-state index contributed by atoms with van der Waals surface area (Å²) in [7, 11) is 0. The average Bonchev–Trinajstić information content (AvgIpc) is 2.18. The summed E-state index contributed by atoms with van der Waals surface area (Å²) in [5.74, 6) is -2.34. The molecule has 0 aliphatic carbocycles. The summed E-state index contributed by atoms with van der Waals surface area (Å²) in [6.07, 6.45) is -8.42. The first-order valence-electron chi connectivity index (χ1n) is 4.78. The number of rotatable bonds is 4. The van der Waals surface area contributed by atoms with Crippen LogP contribution in [0.4, 0.5) is 26.3 Å². The van der Waals surface area contributed by atoms with Crippen molar-refractivity contribution in [1.82, 2.24) is 0 Å². The Morgan fingerprint density at radius 1 is 1.21 bits per heavy atom. The molecule has 0 aliphatic heterocycles.